The normalized spacial score (nSPS) is 9.18. The lowest BCUT2D eigenvalue weighted by molar-refractivity contribution is -0.255. The summed E-state index contributed by atoms with van der Waals surface area (Å²) in [5, 5.41) is 13.8. The van der Waals surface area contributed by atoms with Crippen molar-refractivity contribution in [3.05, 3.63) is 42.5 Å². The summed E-state index contributed by atoms with van der Waals surface area (Å²) in [5.74, 6) is -1.20. The van der Waals surface area contributed by atoms with Crippen molar-refractivity contribution in [2.45, 2.75) is 0 Å². The van der Waals surface area contributed by atoms with Gasteiger partial charge in [-0.05, 0) is 29.9 Å². The number of benzene rings is 1. The highest BCUT2D eigenvalue weighted by Gasteiger charge is 1.95. The van der Waals surface area contributed by atoms with Crippen LogP contribution in [0.2, 0.25) is 0 Å². The molecule has 0 saturated heterocycles. The van der Waals surface area contributed by atoms with E-state index in [1.165, 1.54) is 12.1 Å². The van der Waals surface area contributed by atoms with Gasteiger partial charge < -0.3 is 15.2 Å². The summed E-state index contributed by atoms with van der Waals surface area (Å²) in [6.45, 7) is 4.11. The molecule has 0 bridgehead atoms. The summed E-state index contributed by atoms with van der Waals surface area (Å²) in [6, 6.07) is 6.10. The number of hydrogen-bond donors (Lipinski definition) is 3. The Balaban J connectivity index is 2.44. The molecule has 5 nitrogen and oxygen atoms in total. The number of rotatable bonds is 5. The Kier molecular flexibility index (Phi) is 4.96. The molecule has 6 heteroatoms. The molecule has 0 unspecified atom stereocenters. The van der Waals surface area contributed by atoms with E-state index in [2.05, 4.69) is 22.7 Å². The molecule has 90 valence electrons. The molecule has 0 amide bonds. The van der Waals surface area contributed by atoms with Crippen molar-refractivity contribution in [1.29, 1.82) is 0 Å². The van der Waals surface area contributed by atoms with E-state index >= 15 is 0 Å². The van der Waals surface area contributed by atoms with Crippen LogP contribution in [0.3, 0.4) is 0 Å². The van der Waals surface area contributed by atoms with Crippen molar-refractivity contribution in [3.63, 3.8) is 0 Å². The minimum atomic E-state index is -1.20. The van der Waals surface area contributed by atoms with Crippen LogP contribution in [0.5, 0.6) is 0 Å². The molecular formula is C11H12N3O2S-. The summed E-state index contributed by atoms with van der Waals surface area (Å²) in [4.78, 5) is 10.5. The number of thiocarbonyl (C=S) groups is 1. The molecule has 0 radical (unpaired) electrons. The first-order valence-corrected chi connectivity index (χ1v) is 5.26. The molecule has 0 aliphatic rings. The maximum absolute atomic E-state index is 10.5. The van der Waals surface area contributed by atoms with E-state index in [1.54, 1.807) is 18.2 Å². The van der Waals surface area contributed by atoms with Crippen LogP contribution < -0.4 is 21.3 Å². The molecule has 0 saturated carbocycles. The summed E-state index contributed by atoms with van der Waals surface area (Å²) in [5.41, 5.74) is 6.38. The van der Waals surface area contributed by atoms with Gasteiger partial charge in [0.2, 0.25) is 0 Å². The first-order chi connectivity index (χ1) is 8.13. The van der Waals surface area contributed by atoms with Gasteiger partial charge in [-0.25, -0.2) is 0 Å². The smallest absolute Gasteiger partial charge is 0.185 e. The highest BCUT2D eigenvalue weighted by Crippen LogP contribution is 2.07. The van der Waals surface area contributed by atoms with Crippen LogP contribution in [0.15, 0.2) is 36.9 Å². The SMILES string of the molecule is C=CCNC(=S)NNc1ccc(C(=O)[O-])cc1. The lowest BCUT2D eigenvalue weighted by Gasteiger charge is -2.11. The number of hydrazine groups is 1. The van der Waals surface area contributed by atoms with Crippen molar-refractivity contribution in [2.75, 3.05) is 12.0 Å². The van der Waals surface area contributed by atoms with Crippen LogP contribution in [-0.4, -0.2) is 17.6 Å². The van der Waals surface area contributed by atoms with Crippen LogP contribution in [0.1, 0.15) is 10.4 Å². The van der Waals surface area contributed by atoms with Gasteiger partial charge in [0, 0.05) is 6.54 Å². The molecule has 0 aromatic heterocycles. The molecular weight excluding hydrogens is 238 g/mol. The molecule has 17 heavy (non-hydrogen) atoms. The van der Waals surface area contributed by atoms with E-state index < -0.39 is 5.97 Å². The summed E-state index contributed by atoms with van der Waals surface area (Å²) < 4.78 is 0. The van der Waals surface area contributed by atoms with E-state index in [0.717, 1.165) is 0 Å². The van der Waals surface area contributed by atoms with Gasteiger partial charge in [-0.1, -0.05) is 18.2 Å². The van der Waals surface area contributed by atoms with Crippen LogP contribution in [-0.2, 0) is 0 Å². The number of carboxylic acid groups (broad SMARTS) is 1. The Bertz CT molecular complexity index is 417. The van der Waals surface area contributed by atoms with Crippen molar-refractivity contribution < 1.29 is 9.90 Å². The Morgan fingerprint density at radius 2 is 2.06 bits per heavy atom. The van der Waals surface area contributed by atoms with E-state index in [1.807, 2.05) is 0 Å². The quantitative estimate of drug-likeness (QED) is 0.389. The highest BCUT2D eigenvalue weighted by atomic mass is 32.1. The second-order valence-electron chi connectivity index (χ2n) is 3.11. The number of nitrogens with one attached hydrogen (secondary N) is 3. The molecule has 0 fully saturated rings. The fourth-order valence-corrected chi connectivity index (χ4v) is 1.16. The fraction of sp³-hybridized carbons (Fsp3) is 0.0909. The Morgan fingerprint density at radius 1 is 1.41 bits per heavy atom. The molecule has 0 heterocycles. The van der Waals surface area contributed by atoms with Gasteiger partial charge in [0.1, 0.15) is 0 Å². The number of hydrogen-bond acceptors (Lipinski definition) is 4. The maximum atomic E-state index is 10.5. The summed E-state index contributed by atoms with van der Waals surface area (Å²) >= 11 is 4.95. The Morgan fingerprint density at radius 3 is 2.59 bits per heavy atom. The standard InChI is InChI=1S/C11H13N3O2S/c1-2-7-12-11(17)14-13-9-5-3-8(4-6-9)10(15)16/h2-6,13H,1,7H2,(H,15,16)(H2,12,14,17)/p-1. The van der Waals surface area contributed by atoms with Gasteiger partial charge in [-0.3, -0.25) is 10.9 Å². The van der Waals surface area contributed by atoms with Gasteiger partial charge in [-0.15, -0.1) is 6.58 Å². The first kappa shape index (κ1) is 13.0. The number of anilines is 1. The third-order valence-corrected chi connectivity index (χ3v) is 2.09. The molecule has 0 aliphatic heterocycles. The zero-order chi connectivity index (χ0) is 12.7. The Labute approximate surface area is 105 Å². The minimum absolute atomic E-state index is 0.128. The average Bonchev–Trinajstić information content (AvgIpc) is 2.34. The van der Waals surface area contributed by atoms with E-state index in [4.69, 9.17) is 12.2 Å². The zero-order valence-electron chi connectivity index (χ0n) is 9.03. The second-order valence-corrected chi connectivity index (χ2v) is 3.52. The molecule has 1 aromatic carbocycles. The monoisotopic (exact) mass is 250 g/mol. The van der Waals surface area contributed by atoms with Crippen molar-refractivity contribution in [3.8, 4) is 0 Å². The van der Waals surface area contributed by atoms with Gasteiger partial charge >= 0.3 is 0 Å². The minimum Gasteiger partial charge on any atom is -0.545 e. The van der Waals surface area contributed by atoms with Crippen LogP contribution in [0.4, 0.5) is 5.69 Å². The van der Waals surface area contributed by atoms with Gasteiger partial charge in [-0.2, -0.15) is 0 Å². The number of carboxylic acids is 1. The predicted molar refractivity (Wildman–Crippen MR) is 68.3 cm³/mol. The molecule has 1 rings (SSSR count). The largest absolute Gasteiger partial charge is 0.545 e. The van der Waals surface area contributed by atoms with Gasteiger partial charge in [0.25, 0.3) is 0 Å². The number of aromatic carboxylic acids is 1. The number of carbonyl (C=O) groups excluding carboxylic acids is 1. The lowest BCUT2D eigenvalue weighted by Crippen LogP contribution is -2.38. The van der Waals surface area contributed by atoms with E-state index in [0.29, 0.717) is 17.3 Å². The third kappa shape index (κ3) is 4.52. The maximum Gasteiger partial charge on any atom is 0.185 e. The zero-order valence-corrected chi connectivity index (χ0v) is 9.84. The molecule has 0 atom stereocenters. The van der Waals surface area contributed by atoms with Crippen molar-refractivity contribution in [2.24, 2.45) is 0 Å². The highest BCUT2D eigenvalue weighted by molar-refractivity contribution is 7.80. The average molecular weight is 250 g/mol. The molecule has 0 aliphatic carbocycles. The molecule has 1 aromatic rings. The van der Waals surface area contributed by atoms with Crippen LogP contribution in [0.25, 0.3) is 0 Å². The van der Waals surface area contributed by atoms with Gasteiger partial charge in [0.15, 0.2) is 5.11 Å². The van der Waals surface area contributed by atoms with Crippen LogP contribution in [0, 0.1) is 0 Å². The van der Waals surface area contributed by atoms with Gasteiger partial charge in [0.05, 0.1) is 11.7 Å². The fourth-order valence-electron chi connectivity index (χ4n) is 1.03. The lowest BCUT2D eigenvalue weighted by atomic mass is 10.2. The van der Waals surface area contributed by atoms with E-state index in [-0.39, 0.29) is 5.56 Å². The Hall–Kier alpha value is -2.08. The predicted octanol–water partition coefficient (Wildman–Crippen LogP) is 0.0271. The second kappa shape index (κ2) is 6.49. The van der Waals surface area contributed by atoms with Crippen molar-refractivity contribution in [1.82, 2.24) is 10.7 Å². The van der Waals surface area contributed by atoms with E-state index in [9.17, 15) is 9.90 Å². The third-order valence-electron chi connectivity index (χ3n) is 1.85. The van der Waals surface area contributed by atoms with Crippen molar-refractivity contribution >= 4 is 29.0 Å². The first-order valence-electron chi connectivity index (χ1n) is 4.85. The number of carbonyl (C=O) groups is 1. The molecule has 0 spiro atoms. The van der Waals surface area contributed by atoms with Crippen LogP contribution >= 0.6 is 12.2 Å². The summed E-state index contributed by atoms with van der Waals surface area (Å²) in [7, 11) is 0. The molecule has 3 N–H and O–H groups in total. The topological polar surface area (TPSA) is 76.2 Å². The summed E-state index contributed by atoms with van der Waals surface area (Å²) in [6.07, 6.45) is 1.68.